The van der Waals surface area contributed by atoms with Gasteiger partial charge in [0.15, 0.2) is 5.75 Å². The first-order valence-electron chi connectivity index (χ1n) is 5.48. The van der Waals surface area contributed by atoms with Crippen LogP contribution in [0.25, 0.3) is 0 Å². The van der Waals surface area contributed by atoms with E-state index in [0.717, 1.165) is 0 Å². The number of methoxy groups -OCH3 is 1. The molecule has 0 saturated heterocycles. The maximum absolute atomic E-state index is 13.1. The van der Waals surface area contributed by atoms with Crippen molar-refractivity contribution < 1.29 is 13.9 Å². The Kier molecular flexibility index (Phi) is 3.37. The third-order valence-electron chi connectivity index (χ3n) is 2.60. The van der Waals surface area contributed by atoms with E-state index in [1.54, 1.807) is 37.3 Å². The van der Waals surface area contributed by atoms with Crippen molar-refractivity contribution >= 4 is 5.69 Å². The summed E-state index contributed by atoms with van der Waals surface area (Å²) in [6.07, 6.45) is 0. The molecule has 4 heteroatoms. The van der Waals surface area contributed by atoms with E-state index in [0.29, 0.717) is 28.5 Å². The number of nitrogen functional groups attached to an aromatic ring is 1. The van der Waals surface area contributed by atoms with E-state index in [2.05, 4.69) is 0 Å². The summed E-state index contributed by atoms with van der Waals surface area (Å²) in [7, 11) is 1.54. The summed E-state index contributed by atoms with van der Waals surface area (Å²) in [5.74, 6) is 1.31. The van der Waals surface area contributed by atoms with Gasteiger partial charge in [-0.05, 0) is 42.8 Å². The molecule has 0 fully saturated rings. The lowest BCUT2D eigenvalue weighted by molar-refractivity contribution is 0.412. The van der Waals surface area contributed by atoms with Gasteiger partial charge in [-0.15, -0.1) is 0 Å². The summed E-state index contributed by atoms with van der Waals surface area (Å²) < 4.78 is 23.9. The standard InChI is InChI=1S/C14H14FNO2/c1-9-8-10(6-7-11(9)15)18-13-5-3-4-12(17-2)14(13)16/h3-8H,16H2,1-2H3. The molecule has 2 rings (SSSR count). The van der Waals surface area contributed by atoms with Crippen molar-refractivity contribution in [3.05, 3.63) is 47.8 Å². The fourth-order valence-electron chi connectivity index (χ4n) is 1.60. The Bertz CT molecular complexity index is 570. The van der Waals surface area contributed by atoms with Crippen LogP contribution in [-0.2, 0) is 0 Å². The zero-order valence-electron chi connectivity index (χ0n) is 10.2. The van der Waals surface area contributed by atoms with Crippen LogP contribution in [-0.4, -0.2) is 7.11 Å². The van der Waals surface area contributed by atoms with Crippen LogP contribution in [0.4, 0.5) is 10.1 Å². The average Bonchev–Trinajstić information content (AvgIpc) is 2.36. The average molecular weight is 247 g/mol. The molecular weight excluding hydrogens is 233 g/mol. The molecule has 0 unspecified atom stereocenters. The predicted molar refractivity (Wildman–Crippen MR) is 68.6 cm³/mol. The van der Waals surface area contributed by atoms with Crippen molar-refractivity contribution in [1.82, 2.24) is 0 Å². The Morgan fingerprint density at radius 1 is 1.11 bits per heavy atom. The molecule has 2 N–H and O–H groups in total. The van der Waals surface area contributed by atoms with Gasteiger partial charge in [-0.25, -0.2) is 4.39 Å². The van der Waals surface area contributed by atoms with Crippen molar-refractivity contribution in [2.45, 2.75) is 6.92 Å². The van der Waals surface area contributed by atoms with Gasteiger partial charge in [0.2, 0.25) is 0 Å². The molecule has 0 aromatic heterocycles. The van der Waals surface area contributed by atoms with Crippen LogP contribution in [0.15, 0.2) is 36.4 Å². The third kappa shape index (κ3) is 2.37. The Morgan fingerprint density at radius 3 is 2.50 bits per heavy atom. The molecule has 94 valence electrons. The number of aryl methyl sites for hydroxylation is 1. The largest absolute Gasteiger partial charge is 0.494 e. The Hall–Kier alpha value is -2.23. The van der Waals surface area contributed by atoms with Gasteiger partial charge in [-0.2, -0.15) is 0 Å². The molecule has 2 aromatic carbocycles. The number of anilines is 1. The van der Waals surface area contributed by atoms with Crippen molar-refractivity contribution in [1.29, 1.82) is 0 Å². The second kappa shape index (κ2) is 4.96. The highest BCUT2D eigenvalue weighted by atomic mass is 19.1. The van der Waals surface area contributed by atoms with E-state index in [1.165, 1.54) is 13.2 Å². The first-order chi connectivity index (χ1) is 8.61. The lowest BCUT2D eigenvalue weighted by Crippen LogP contribution is -1.96. The topological polar surface area (TPSA) is 44.5 Å². The van der Waals surface area contributed by atoms with E-state index in [-0.39, 0.29) is 5.82 Å². The number of ether oxygens (including phenoxy) is 2. The summed E-state index contributed by atoms with van der Waals surface area (Å²) in [4.78, 5) is 0. The molecule has 0 spiro atoms. The Balaban J connectivity index is 2.31. The normalized spacial score (nSPS) is 10.2. The number of hydrogen-bond acceptors (Lipinski definition) is 3. The SMILES string of the molecule is COc1cccc(Oc2ccc(F)c(C)c2)c1N. The second-order valence-corrected chi connectivity index (χ2v) is 3.89. The zero-order chi connectivity index (χ0) is 13.1. The van der Waals surface area contributed by atoms with Gasteiger partial charge in [0.1, 0.15) is 23.0 Å². The summed E-state index contributed by atoms with van der Waals surface area (Å²) >= 11 is 0. The summed E-state index contributed by atoms with van der Waals surface area (Å²) in [5, 5.41) is 0. The van der Waals surface area contributed by atoms with Crippen LogP contribution >= 0.6 is 0 Å². The van der Waals surface area contributed by atoms with Crippen molar-refractivity contribution in [3.8, 4) is 17.2 Å². The zero-order valence-corrected chi connectivity index (χ0v) is 10.2. The van der Waals surface area contributed by atoms with Crippen LogP contribution in [0.5, 0.6) is 17.2 Å². The highest BCUT2D eigenvalue weighted by Crippen LogP contribution is 2.34. The molecule has 18 heavy (non-hydrogen) atoms. The van der Waals surface area contributed by atoms with Gasteiger partial charge < -0.3 is 15.2 Å². The fourth-order valence-corrected chi connectivity index (χ4v) is 1.60. The minimum atomic E-state index is -0.263. The van der Waals surface area contributed by atoms with Crippen LogP contribution in [0, 0.1) is 12.7 Å². The number of nitrogens with two attached hydrogens (primary N) is 1. The van der Waals surface area contributed by atoms with Crippen LogP contribution in [0.3, 0.4) is 0 Å². The molecular formula is C14H14FNO2. The molecule has 0 aliphatic carbocycles. The first-order valence-corrected chi connectivity index (χ1v) is 5.48. The highest BCUT2D eigenvalue weighted by molar-refractivity contribution is 5.63. The lowest BCUT2D eigenvalue weighted by atomic mass is 10.2. The van der Waals surface area contributed by atoms with Crippen molar-refractivity contribution in [2.75, 3.05) is 12.8 Å². The maximum Gasteiger partial charge on any atom is 0.154 e. The van der Waals surface area contributed by atoms with Gasteiger partial charge in [0.05, 0.1) is 7.11 Å². The van der Waals surface area contributed by atoms with Gasteiger partial charge in [0, 0.05) is 0 Å². The summed E-state index contributed by atoms with van der Waals surface area (Å²) in [6, 6.07) is 9.80. The molecule has 0 radical (unpaired) electrons. The molecule has 3 nitrogen and oxygen atoms in total. The molecule has 0 atom stereocenters. The quantitative estimate of drug-likeness (QED) is 0.844. The van der Waals surface area contributed by atoms with Crippen molar-refractivity contribution in [2.24, 2.45) is 0 Å². The monoisotopic (exact) mass is 247 g/mol. The molecule has 0 heterocycles. The molecule has 0 bridgehead atoms. The summed E-state index contributed by atoms with van der Waals surface area (Å²) in [6.45, 7) is 1.68. The maximum atomic E-state index is 13.1. The number of para-hydroxylation sites is 1. The van der Waals surface area contributed by atoms with Gasteiger partial charge in [-0.1, -0.05) is 6.07 Å². The molecule has 0 aliphatic heterocycles. The number of benzene rings is 2. The number of halogens is 1. The van der Waals surface area contributed by atoms with Gasteiger partial charge in [0.25, 0.3) is 0 Å². The minimum Gasteiger partial charge on any atom is -0.494 e. The van der Waals surface area contributed by atoms with Gasteiger partial charge in [-0.3, -0.25) is 0 Å². The van der Waals surface area contributed by atoms with Crippen LogP contribution in [0.1, 0.15) is 5.56 Å². The van der Waals surface area contributed by atoms with E-state index >= 15 is 0 Å². The number of hydrogen-bond donors (Lipinski definition) is 1. The third-order valence-corrected chi connectivity index (χ3v) is 2.60. The first kappa shape index (κ1) is 12.2. The van der Waals surface area contributed by atoms with Crippen molar-refractivity contribution in [3.63, 3.8) is 0 Å². The van der Waals surface area contributed by atoms with Gasteiger partial charge >= 0.3 is 0 Å². The number of rotatable bonds is 3. The highest BCUT2D eigenvalue weighted by Gasteiger charge is 2.08. The molecule has 0 aliphatic rings. The van der Waals surface area contributed by atoms with Crippen LogP contribution < -0.4 is 15.2 Å². The second-order valence-electron chi connectivity index (χ2n) is 3.89. The molecule has 0 amide bonds. The van der Waals surface area contributed by atoms with E-state index in [1.807, 2.05) is 0 Å². The Labute approximate surface area is 105 Å². The van der Waals surface area contributed by atoms with E-state index in [4.69, 9.17) is 15.2 Å². The molecule has 2 aromatic rings. The van der Waals surface area contributed by atoms with E-state index < -0.39 is 0 Å². The minimum absolute atomic E-state index is 0.263. The lowest BCUT2D eigenvalue weighted by Gasteiger charge is -2.11. The Morgan fingerprint density at radius 2 is 1.83 bits per heavy atom. The van der Waals surface area contributed by atoms with Crippen LogP contribution in [0.2, 0.25) is 0 Å². The smallest absolute Gasteiger partial charge is 0.154 e. The summed E-state index contributed by atoms with van der Waals surface area (Å²) in [5.41, 5.74) is 6.83. The van der Waals surface area contributed by atoms with E-state index in [9.17, 15) is 4.39 Å². The molecule has 0 saturated carbocycles. The predicted octanol–water partition coefficient (Wildman–Crippen LogP) is 3.52. The fraction of sp³-hybridized carbons (Fsp3) is 0.143.